The zero-order valence-corrected chi connectivity index (χ0v) is 6.20. The van der Waals surface area contributed by atoms with E-state index in [9.17, 15) is 0 Å². The monoisotopic (exact) mass is 153 g/mol. The second kappa shape index (κ2) is 2.54. The minimum atomic E-state index is 0.235. The third-order valence-electron chi connectivity index (χ3n) is 1.94. The van der Waals surface area contributed by atoms with Crippen molar-refractivity contribution in [3.05, 3.63) is 12.4 Å². The smallest absolute Gasteiger partial charge is 0.153 e. The predicted molar refractivity (Wildman–Crippen MR) is 40.2 cm³/mol. The fourth-order valence-corrected chi connectivity index (χ4v) is 1.39. The first-order valence-corrected chi connectivity index (χ1v) is 3.83. The molecule has 2 rings (SSSR count). The summed E-state index contributed by atoms with van der Waals surface area (Å²) in [6.45, 7) is 1.05. The van der Waals surface area contributed by atoms with E-state index in [-0.39, 0.29) is 11.9 Å². The quantitative estimate of drug-likeness (QED) is 0.616. The molecule has 1 aromatic rings. The first-order chi connectivity index (χ1) is 5.36. The van der Waals surface area contributed by atoms with Gasteiger partial charge in [-0.1, -0.05) is 0 Å². The van der Waals surface area contributed by atoms with Gasteiger partial charge in [0.2, 0.25) is 0 Å². The topological polar surface area (TPSA) is 50.1 Å². The van der Waals surface area contributed by atoms with Gasteiger partial charge in [-0.05, 0) is 19.4 Å². The molecule has 11 heavy (non-hydrogen) atoms. The number of rotatable bonds is 1. The van der Waals surface area contributed by atoms with E-state index in [1.165, 1.54) is 12.6 Å². The lowest BCUT2D eigenvalue weighted by Crippen LogP contribution is -2.19. The molecule has 0 aromatic carbocycles. The van der Waals surface area contributed by atoms with Crippen LogP contribution in [-0.2, 0) is 0 Å². The molecule has 1 saturated heterocycles. The van der Waals surface area contributed by atoms with Crippen LogP contribution in [0.25, 0.3) is 0 Å². The van der Waals surface area contributed by atoms with E-state index in [1.54, 1.807) is 10.9 Å². The maximum absolute atomic E-state index is 9.00. The molecule has 1 aliphatic heterocycles. The van der Waals surface area contributed by atoms with Gasteiger partial charge in [0.05, 0.1) is 12.4 Å². The molecule has 1 unspecified atom stereocenters. The second-order valence-corrected chi connectivity index (χ2v) is 2.79. The molecule has 1 atom stereocenters. The molecule has 0 bridgehead atoms. The molecule has 1 aliphatic rings. The minimum absolute atomic E-state index is 0.235. The fourth-order valence-electron chi connectivity index (χ4n) is 1.39. The van der Waals surface area contributed by atoms with Gasteiger partial charge < -0.3 is 5.11 Å². The van der Waals surface area contributed by atoms with E-state index in [1.807, 2.05) is 0 Å². The highest BCUT2D eigenvalue weighted by atomic mass is 16.3. The summed E-state index contributed by atoms with van der Waals surface area (Å²) in [7, 11) is 0. The Balaban J connectivity index is 2.15. The Kier molecular flexibility index (Phi) is 1.54. The molecule has 4 nitrogen and oxygen atoms in total. The van der Waals surface area contributed by atoms with Crippen LogP contribution in [0.15, 0.2) is 12.4 Å². The zero-order chi connectivity index (χ0) is 7.68. The van der Waals surface area contributed by atoms with E-state index in [2.05, 4.69) is 10.4 Å². The van der Waals surface area contributed by atoms with Crippen LogP contribution in [0.1, 0.15) is 19.0 Å². The lowest BCUT2D eigenvalue weighted by atomic mass is 10.3. The van der Waals surface area contributed by atoms with Gasteiger partial charge >= 0.3 is 0 Å². The van der Waals surface area contributed by atoms with Gasteiger partial charge in [0, 0.05) is 0 Å². The number of aromatic hydroxyl groups is 1. The summed E-state index contributed by atoms with van der Waals surface area (Å²) in [4.78, 5) is 0. The van der Waals surface area contributed by atoms with Crippen molar-refractivity contribution in [2.75, 3.05) is 6.54 Å². The number of hydrogen-bond donors (Lipinski definition) is 2. The molecule has 0 amide bonds. The average molecular weight is 153 g/mol. The van der Waals surface area contributed by atoms with Crippen LogP contribution in [0.4, 0.5) is 0 Å². The van der Waals surface area contributed by atoms with Gasteiger partial charge in [0.15, 0.2) is 5.75 Å². The van der Waals surface area contributed by atoms with Gasteiger partial charge in [-0.25, -0.2) is 0 Å². The van der Waals surface area contributed by atoms with E-state index < -0.39 is 0 Å². The van der Waals surface area contributed by atoms with Gasteiger partial charge in [-0.3, -0.25) is 10.00 Å². The maximum atomic E-state index is 9.00. The van der Waals surface area contributed by atoms with Crippen LogP contribution in [0.5, 0.6) is 5.75 Å². The van der Waals surface area contributed by atoms with Crippen molar-refractivity contribution in [1.29, 1.82) is 0 Å². The standard InChI is InChI=1S/C7H11N3O/c11-6-4-9-10(5-6)7-2-1-3-8-7/h4-5,7-8,11H,1-3H2. The lowest BCUT2D eigenvalue weighted by molar-refractivity contribution is 0.419. The summed E-state index contributed by atoms with van der Waals surface area (Å²) >= 11 is 0. The Labute approximate surface area is 64.8 Å². The summed E-state index contributed by atoms with van der Waals surface area (Å²) in [5.74, 6) is 0.235. The summed E-state index contributed by atoms with van der Waals surface area (Å²) in [6, 6.07) is 0. The van der Waals surface area contributed by atoms with Gasteiger partial charge in [-0.2, -0.15) is 5.10 Å². The van der Waals surface area contributed by atoms with Gasteiger partial charge in [0.1, 0.15) is 6.17 Å². The Morgan fingerprint density at radius 2 is 2.64 bits per heavy atom. The van der Waals surface area contributed by atoms with Crippen LogP contribution < -0.4 is 5.32 Å². The van der Waals surface area contributed by atoms with Crippen LogP contribution in [0, 0.1) is 0 Å². The highest BCUT2D eigenvalue weighted by Gasteiger charge is 2.15. The minimum Gasteiger partial charge on any atom is -0.505 e. The Morgan fingerprint density at radius 1 is 1.73 bits per heavy atom. The number of aromatic nitrogens is 2. The third kappa shape index (κ3) is 1.21. The van der Waals surface area contributed by atoms with Crippen molar-refractivity contribution in [2.24, 2.45) is 0 Å². The highest BCUT2D eigenvalue weighted by Crippen LogP contribution is 2.17. The fraction of sp³-hybridized carbons (Fsp3) is 0.571. The van der Waals surface area contributed by atoms with E-state index in [0.717, 1.165) is 13.0 Å². The molecule has 1 aromatic heterocycles. The van der Waals surface area contributed by atoms with Crippen molar-refractivity contribution in [1.82, 2.24) is 15.1 Å². The molecule has 4 heteroatoms. The Hall–Kier alpha value is -1.03. The Morgan fingerprint density at radius 3 is 3.18 bits per heavy atom. The van der Waals surface area contributed by atoms with Crippen LogP contribution in [-0.4, -0.2) is 21.4 Å². The zero-order valence-electron chi connectivity index (χ0n) is 6.20. The summed E-state index contributed by atoms with van der Waals surface area (Å²) in [5, 5.41) is 16.3. The molecule has 2 N–H and O–H groups in total. The van der Waals surface area contributed by atoms with E-state index >= 15 is 0 Å². The molecular weight excluding hydrogens is 142 g/mol. The summed E-state index contributed by atoms with van der Waals surface area (Å²) in [6.07, 6.45) is 5.67. The van der Waals surface area contributed by atoms with E-state index in [0.29, 0.717) is 0 Å². The van der Waals surface area contributed by atoms with Crippen molar-refractivity contribution in [2.45, 2.75) is 19.0 Å². The summed E-state index contributed by atoms with van der Waals surface area (Å²) < 4.78 is 1.77. The number of nitrogens with one attached hydrogen (secondary N) is 1. The number of nitrogens with zero attached hydrogens (tertiary/aromatic N) is 2. The first kappa shape index (κ1) is 6.67. The molecule has 2 heterocycles. The van der Waals surface area contributed by atoms with Crippen molar-refractivity contribution >= 4 is 0 Å². The highest BCUT2D eigenvalue weighted by molar-refractivity contribution is 5.09. The van der Waals surface area contributed by atoms with Crippen molar-refractivity contribution in [3.63, 3.8) is 0 Å². The lowest BCUT2D eigenvalue weighted by Gasteiger charge is -2.08. The SMILES string of the molecule is Oc1cnn(C2CCCN2)c1. The molecule has 0 spiro atoms. The molecule has 0 aliphatic carbocycles. The van der Waals surface area contributed by atoms with Crippen molar-refractivity contribution in [3.8, 4) is 5.75 Å². The largest absolute Gasteiger partial charge is 0.505 e. The third-order valence-corrected chi connectivity index (χ3v) is 1.94. The van der Waals surface area contributed by atoms with Crippen LogP contribution in [0.3, 0.4) is 0 Å². The molecule has 60 valence electrons. The summed E-state index contributed by atoms with van der Waals surface area (Å²) in [5.41, 5.74) is 0. The molecule has 0 saturated carbocycles. The van der Waals surface area contributed by atoms with Crippen LogP contribution >= 0.6 is 0 Å². The van der Waals surface area contributed by atoms with Gasteiger partial charge in [0.25, 0.3) is 0 Å². The van der Waals surface area contributed by atoms with Crippen LogP contribution in [0.2, 0.25) is 0 Å². The number of hydrogen-bond acceptors (Lipinski definition) is 3. The van der Waals surface area contributed by atoms with Crippen molar-refractivity contribution < 1.29 is 5.11 Å². The van der Waals surface area contributed by atoms with Gasteiger partial charge in [-0.15, -0.1) is 0 Å². The normalized spacial score (nSPS) is 24.2. The predicted octanol–water partition coefficient (Wildman–Crippen LogP) is 0.471. The average Bonchev–Trinajstić information content (AvgIpc) is 2.55. The first-order valence-electron chi connectivity index (χ1n) is 3.83. The Bertz CT molecular complexity index is 240. The maximum Gasteiger partial charge on any atom is 0.153 e. The molecule has 0 radical (unpaired) electrons. The molecular formula is C7H11N3O. The van der Waals surface area contributed by atoms with E-state index in [4.69, 9.17) is 5.11 Å². The second-order valence-electron chi connectivity index (χ2n) is 2.79. The molecule has 1 fully saturated rings.